The Hall–Kier alpha value is -2.37. The molecule has 1 aliphatic rings. The fourth-order valence-electron chi connectivity index (χ4n) is 4.09. The van der Waals surface area contributed by atoms with Gasteiger partial charge in [-0.1, -0.05) is 62.2 Å². The molecule has 2 aromatic carbocycles. The van der Waals surface area contributed by atoms with E-state index in [0.29, 0.717) is 12.4 Å². The predicted octanol–water partition coefficient (Wildman–Crippen LogP) is 5.14. The molecule has 1 aliphatic carbocycles. The highest BCUT2D eigenvalue weighted by molar-refractivity contribution is 5.86. The van der Waals surface area contributed by atoms with E-state index in [1.807, 2.05) is 0 Å². The van der Waals surface area contributed by atoms with Crippen LogP contribution in [0.15, 0.2) is 54.6 Å². The average Bonchev–Trinajstić information content (AvgIpc) is 3.28. The van der Waals surface area contributed by atoms with Crippen LogP contribution in [0.4, 0.5) is 0 Å². The molecule has 1 saturated carbocycles. The summed E-state index contributed by atoms with van der Waals surface area (Å²) in [5.74, 6) is -0.438. The maximum atomic E-state index is 13.4. The molecule has 2 aromatic rings. The van der Waals surface area contributed by atoms with Crippen molar-refractivity contribution in [3.8, 4) is 5.75 Å². The number of ether oxygens (including phenoxy) is 2. The largest absolute Gasteiger partial charge is 0.493 e. The van der Waals surface area contributed by atoms with Gasteiger partial charge in [0.1, 0.15) is 5.75 Å². The van der Waals surface area contributed by atoms with Crippen LogP contribution in [0.5, 0.6) is 5.75 Å². The minimum absolute atomic E-state index is 0.0892. The van der Waals surface area contributed by atoms with E-state index < -0.39 is 36.9 Å². The number of carbonyl (C=O) groups is 1. The Morgan fingerprint density at radius 1 is 1.16 bits per heavy atom. The van der Waals surface area contributed by atoms with E-state index in [1.165, 1.54) is 19.1 Å². The van der Waals surface area contributed by atoms with E-state index >= 15 is 0 Å². The van der Waals surface area contributed by atoms with E-state index in [0.717, 1.165) is 32.8 Å². The lowest BCUT2D eigenvalue weighted by molar-refractivity contribution is -0.142. The molecule has 32 heavy (non-hydrogen) atoms. The Kier molecular flexibility index (Phi) is 5.16. The zero-order valence-corrected chi connectivity index (χ0v) is 19.0. The minimum Gasteiger partial charge on any atom is -0.493 e. The van der Waals surface area contributed by atoms with Crippen LogP contribution in [0.25, 0.3) is 0 Å². The Labute approximate surface area is 200 Å². The standard InChI is InChI=1S/C27H37NO4/c1-25(2,31-5)23(28-24(29)27(4,30)21-11-7-6-8-12-21)20-13-15-22(16-14-20)32-19-26(3)17-9-10-18-26/h6-8,11-16,23,30H,9-10,17-19H2,1-5H3,(H,28,29)/t23-,27-/m1/s1/i1D3,2D3. The van der Waals surface area contributed by atoms with Crippen LogP contribution in [0.3, 0.4) is 0 Å². The Morgan fingerprint density at radius 3 is 2.34 bits per heavy atom. The van der Waals surface area contributed by atoms with Gasteiger partial charge in [0.25, 0.3) is 5.91 Å². The van der Waals surface area contributed by atoms with Crippen LogP contribution in [-0.4, -0.2) is 30.3 Å². The zero-order valence-electron chi connectivity index (χ0n) is 25.0. The SMILES string of the molecule is [2H]C([2H])([2H])C(OC)([C@H](NC(=O)[C@](C)(O)c1ccccc1)c1ccc(OCC2(C)CCCC2)cc1)C([2H])([2H])[2H]. The number of aliphatic hydroxyl groups is 1. The fourth-order valence-corrected chi connectivity index (χ4v) is 4.09. The molecule has 2 atom stereocenters. The number of nitrogens with one attached hydrogen (secondary N) is 1. The van der Waals surface area contributed by atoms with Gasteiger partial charge in [-0.15, -0.1) is 0 Å². The first-order valence-corrected chi connectivity index (χ1v) is 10.9. The van der Waals surface area contributed by atoms with E-state index in [9.17, 15) is 9.90 Å². The van der Waals surface area contributed by atoms with Crippen molar-refractivity contribution in [2.45, 2.75) is 70.5 Å². The van der Waals surface area contributed by atoms with Crippen molar-refractivity contribution >= 4 is 5.91 Å². The molecule has 0 saturated heterocycles. The minimum atomic E-state index is -3.18. The van der Waals surface area contributed by atoms with Crippen LogP contribution < -0.4 is 10.1 Å². The number of carbonyl (C=O) groups excluding carboxylic acids is 1. The van der Waals surface area contributed by atoms with Gasteiger partial charge >= 0.3 is 0 Å². The monoisotopic (exact) mass is 445 g/mol. The van der Waals surface area contributed by atoms with Crippen molar-refractivity contribution in [1.29, 1.82) is 0 Å². The normalized spacial score (nSPS) is 22.1. The van der Waals surface area contributed by atoms with Gasteiger partial charge in [0.2, 0.25) is 0 Å². The van der Waals surface area contributed by atoms with Crippen molar-refractivity contribution in [3.63, 3.8) is 0 Å². The second kappa shape index (κ2) is 9.63. The molecule has 3 rings (SSSR count). The van der Waals surface area contributed by atoms with Gasteiger partial charge in [-0.3, -0.25) is 4.79 Å². The lowest BCUT2D eigenvalue weighted by Crippen LogP contribution is -2.49. The topological polar surface area (TPSA) is 67.8 Å². The van der Waals surface area contributed by atoms with E-state index in [-0.39, 0.29) is 16.5 Å². The second-order valence-electron chi connectivity index (χ2n) is 9.16. The highest BCUT2D eigenvalue weighted by Crippen LogP contribution is 2.38. The molecular weight excluding hydrogens is 402 g/mol. The number of rotatable bonds is 9. The van der Waals surface area contributed by atoms with E-state index in [1.54, 1.807) is 42.5 Å². The first-order chi connectivity index (χ1) is 17.6. The molecule has 5 nitrogen and oxygen atoms in total. The van der Waals surface area contributed by atoms with Crippen molar-refractivity contribution in [2.24, 2.45) is 5.41 Å². The molecule has 174 valence electrons. The summed E-state index contributed by atoms with van der Waals surface area (Å²) in [4.78, 5) is 13.4. The van der Waals surface area contributed by atoms with Crippen LogP contribution in [0.2, 0.25) is 0 Å². The first kappa shape index (κ1) is 17.2. The van der Waals surface area contributed by atoms with Crippen LogP contribution in [0.1, 0.15) is 78.6 Å². The zero-order chi connectivity index (χ0) is 28.4. The molecule has 0 spiro atoms. The highest BCUT2D eigenvalue weighted by atomic mass is 16.5. The Bertz CT molecular complexity index is 1060. The van der Waals surface area contributed by atoms with Crippen LogP contribution in [0, 0.1) is 5.41 Å². The van der Waals surface area contributed by atoms with E-state index in [2.05, 4.69) is 12.2 Å². The molecule has 0 heterocycles. The van der Waals surface area contributed by atoms with Crippen LogP contribution >= 0.6 is 0 Å². The summed E-state index contributed by atoms with van der Waals surface area (Å²) >= 11 is 0. The number of amides is 1. The van der Waals surface area contributed by atoms with Gasteiger partial charge in [-0.25, -0.2) is 0 Å². The number of benzene rings is 2. The number of hydrogen-bond donors (Lipinski definition) is 2. The molecule has 0 bridgehead atoms. The molecule has 1 amide bonds. The smallest absolute Gasteiger partial charge is 0.256 e. The van der Waals surface area contributed by atoms with Gasteiger partial charge in [-0.05, 0) is 56.7 Å². The van der Waals surface area contributed by atoms with Crippen molar-refractivity contribution < 1.29 is 27.6 Å². The van der Waals surface area contributed by atoms with Gasteiger partial charge in [0, 0.05) is 20.7 Å². The molecule has 1 fully saturated rings. The Morgan fingerprint density at radius 2 is 1.78 bits per heavy atom. The van der Waals surface area contributed by atoms with E-state index in [4.69, 9.17) is 17.7 Å². The third-order valence-corrected chi connectivity index (χ3v) is 6.39. The summed E-state index contributed by atoms with van der Waals surface area (Å²) in [7, 11) is 0.993. The highest BCUT2D eigenvalue weighted by Gasteiger charge is 2.38. The van der Waals surface area contributed by atoms with Crippen molar-refractivity contribution in [2.75, 3.05) is 13.7 Å². The summed E-state index contributed by atoms with van der Waals surface area (Å²) in [5.41, 5.74) is -4.38. The number of methoxy groups -OCH3 is 1. The van der Waals surface area contributed by atoms with Gasteiger partial charge in [-0.2, -0.15) is 0 Å². The second-order valence-corrected chi connectivity index (χ2v) is 9.16. The molecule has 2 N–H and O–H groups in total. The molecule has 0 aliphatic heterocycles. The molecular formula is C27H37NO4. The third kappa shape index (κ3) is 5.51. The molecule has 0 aromatic heterocycles. The lowest BCUT2D eigenvalue weighted by Gasteiger charge is -2.36. The average molecular weight is 446 g/mol. The molecule has 0 radical (unpaired) electrons. The van der Waals surface area contributed by atoms with Crippen molar-refractivity contribution in [1.82, 2.24) is 5.32 Å². The summed E-state index contributed by atoms with van der Waals surface area (Å²) in [6.45, 7) is -2.41. The van der Waals surface area contributed by atoms with Gasteiger partial charge in [0.05, 0.1) is 18.2 Å². The van der Waals surface area contributed by atoms with Gasteiger partial charge in [0.15, 0.2) is 5.60 Å². The Balaban J connectivity index is 2.01. The first-order valence-electron chi connectivity index (χ1n) is 13.9. The molecule has 0 unspecified atom stereocenters. The van der Waals surface area contributed by atoms with Crippen molar-refractivity contribution in [3.05, 3.63) is 65.7 Å². The fraction of sp³-hybridized carbons (Fsp3) is 0.519. The molecule has 5 heteroatoms. The summed E-state index contributed by atoms with van der Waals surface area (Å²) in [5, 5.41) is 13.6. The predicted molar refractivity (Wildman–Crippen MR) is 126 cm³/mol. The lowest BCUT2D eigenvalue weighted by atomic mass is 9.89. The quantitative estimate of drug-likeness (QED) is 0.561. The van der Waals surface area contributed by atoms with Crippen LogP contribution in [-0.2, 0) is 15.1 Å². The third-order valence-electron chi connectivity index (χ3n) is 6.39. The summed E-state index contributed by atoms with van der Waals surface area (Å²) in [6, 6.07) is 12.7. The number of hydrogen-bond acceptors (Lipinski definition) is 4. The summed E-state index contributed by atoms with van der Waals surface area (Å²) < 4.78 is 60.3. The maximum Gasteiger partial charge on any atom is 0.256 e. The summed E-state index contributed by atoms with van der Waals surface area (Å²) in [6.07, 6.45) is 4.48. The van der Waals surface area contributed by atoms with Gasteiger partial charge < -0.3 is 19.9 Å². The maximum absolute atomic E-state index is 13.4.